The third kappa shape index (κ3) is 4.91. The lowest BCUT2D eigenvalue weighted by atomic mass is 10.0. The fourth-order valence-corrected chi connectivity index (χ4v) is 4.93. The largest absolute Gasteiger partial charge is 0.496 e. The molecule has 0 saturated heterocycles. The van der Waals surface area contributed by atoms with E-state index >= 15 is 0 Å². The molecule has 4 rings (SSSR count). The number of benzene rings is 1. The van der Waals surface area contributed by atoms with Crippen LogP contribution in [0, 0.1) is 6.92 Å². The number of thiophene rings is 1. The van der Waals surface area contributed by atoms with Gasteiger partial charge in [-0.3, -0.25) is 8.89 Å². The van der Waals surface area contributed by atoms with Crippen molar-refractivity contribution in [2.45, 2.75) is 13.3 Å². The highest BCUT2D eigenvalue weighted by molar-refractivity contribution is 7.84. The van der Waals surface area contributed by atoms with Crippen LogP contribution in [0.4, 0.5) is 11.6 Å². The number of anilines is 2. The van der Waals surface area contributed by atoms with Gasteiger partial charge in [0.2, 0.25) is 5.95 Å². The molecule has 0 aliphatic carbocycles. The number of hydrogen-bond acceptors (Lipinski definition) is 8. The average molecular weight is 472 g/mol. The molecule has 1 aromatic carbocycles. The summed E-state index contributed by atoms with van der Waals surface area (Å²) in [5, 5.41) is 7.37. The molecule has 1 unspecified atom stereocenters. The Kier molecular flexibility index (Phi) is 6.71. The first-order valence-electron chi connectivity index (χ1n) is 10.1. The number of rotatable bonds is 9. The third-order valence-electron chi connectivity index (χ3n) is 4.86. The van der Waals surface area contributed by atoms with Crippen LogP contribution < -0.4 is 14.8 Å². The van der Waals surface area contributed by atoms with Crippen LogP contribution in [-0.4, -0.2) is 49.7 Å². The van der Waals surface area contributed by atoms with Crippen molar-refractivity contribution in [2.24, 2.45) is 7.05 Å². The summed E-state index contributed by atoms with van der Waals surface area (Å²) in [5.74, 6) is 2.57. The SMILES string of the molecule is COc1cc(OCCCS(C)=O)ccc1-c1c(C)sc2cnc(Nc3cnn(C)c3)nc12. The molecule has 0 aliphatic heterocycles. The fourth-order valence-electron chi connectivity index (χ4n) is 3.42. The van der Waals surface area contributed by atoms with Gasteiger partial charge >= 0.3 is 0 Å². The molecule has 32 heavy (non-hydrogen) atoms. The third-order valence-corrected chi connectivity index (χ3v) is 6.75. The first-order chi connectivity index (χ1) is 15.4. The van der Waals surface area contributed by atoms with Crippen LogP contribution in [-0.2, 0) is 17.8 Å². The van der Waals surface area contributed by atoms with Gasteiger partial charge in [-0.15, -0.1) is 11.3 Å². The number of aromatic nitrogens is 4. The van der Waals surface area contributed by atoms with Crippen molar-refractivity contribution >= 4 is 44.0 Å². The van der Waals surface area contributed by atoms with Crippen molar-refractivity contribution in [3.63, 3.8) is 0 Å². The van der Waals surface area contributed by atoms with Gasteiger partial charge in [-0.2, -0.15) is 5.10 Å². The Morgan fingerprint density at radius 2 is 2.12 bits per heavy atom. The van der Waals surface area contributed by atoms with Crippen LogP contribution in [0.3, 0.4) is 0 Å². The lowest BCUT2D eigenvalue weighted by Crippen LogP contribution is -2.03. The first kappa shape index (κ1) is 22.2. The maximum absolute atomic E-state index is 11.2. The predicted octanol–water partition coefficient (Wildman–Crippen LogP) is 4.30. The van der Waals surface area contributed by atoms with Crippen molar-refractivity contribution in [3.05, 3.63) is 41.7 Å². The molecule has 0 bridgehead atoms. The monoisotopic (exact) mass is 471 g/mol. The standard InChI is InChI=1S/C22H25N5O3S2/c1-14-20(17-7-6-16(10-18(17)29-3)30-8-5-9-32(4)28)21-19(31-14)12-23-22(26-21)25-15-11-24-27(2)13-15/h6-7,10-13H,5,8-9H2,1-4H3,(H,23,25,26). The molecule has 0 radical (unpaired) electrons. The second kappa shape index (κ2) is 9.66. The van der Waals surface area contributed by atoms with E-state index in [-0.39, 0.29) is 0 Å². The molecule has 3 aromatic heterocycles. The van der Waals surface area contributed by atoms with Gasteiger partial charge in [0, 0.05) is 58.1 Å². The zero-order valence-electron chi connectivity index (χ0n) is 18.4. The van der Waals surface area contributed by atoms with Gasteiger partial charge in [0.25, 0.3) is 0 Å². The van der Waals surface area contributed by atoms with Crippen LogP contribution in [0.5, 0.6) is 11.5 Å². The Labute approximate surface area is 193 Å². The van der Waals surface area contributed by atoms with E-state index in [9.17, 15) is 4.21 Å². The molecule has 4 aromatic rings. The summed E-state index contributed by atoms with van der Waals surface area (Å²) >= 11 is 1.65. The molecular weight excluding hydrogens is 446 g/mol. The molecule has 0 saturated carbocycles. The quantitative estimate of drug-likeness (QED) is 0.364. The smallest absolute Gasteiger partial charge is 0.227 e. The number of methoxy groups -OCH3 is 1. The lowest BCUT2D eigenvalue weighted by Gasteiger charge is -2.12. The Hall–Kier alpha value is -2.98. The van der Waals surface area contributed by atoms with E-state index in [1.807, 2.05) is 37.6 Å². The minimum atomic E-state index is -0.809. The van der Waals surface area contributed by atoms with E-state index in [0.29, 0.717) is 24.1 Å². The maximum atomic E-state index is 11.2. The van der Waals surface area contributed by atoms with E-state index in [2.05, 4.69) is 22.3 Å². The highest BCUT2D eigenvalue weighted by Gasteiger charge is 2.18. The molecule has 8 nitrogen and oxygen atoms in total. The molecule has 0 fully saturated rings. The minimum absolute atomic E-state index is 0.511. The molecule has 0 aliphatic rings. The van der Waals surface area contributed by atoms with Gasteiger partial charge in [-0.05, 0) is 25.5 Å². The van der Waals surface area contributed by atoms with Crippen LogP contribution in [0.15, 0.2) is 36.8 Å². The highest BCUT2D eigenvalue weighted by Crippen LogP contribution is 2.42. The number of aryl methyl sites for hydroxylation is 2. The summed E-state index contributed by atoms with van der Waals surface area (Å²) in [7, 11) is 2.70. The Bertz CT molecular complexity index is 1270. The molecule has 0 spiro atoms. The normalized spacial score (nSPS) is 12.1. The van der Waals surface area contributed by atoms with Crippen molar-refractivity contribution in [2.75, 3.05) is 31.0 Å². The highest BCUT2D eigenvalue weighted by atomic mass is 32.2. The fraction of sp³-hybridized carbons (Fsp3) is 0.318. The van der Waals surface area contributed by atoms with Gasteiger partial charge in [0.15, 0.2) is 0 Å². The van der Waals surface area contributed by atoms with E-state index in [1.54, 1.807) is 35.6 Å². The zero-order valence-corrected chi connectivity index (χ0v) is 20.0. The maximum Gasteiger partial charge on any atom is 0.227 e. The van der Waals surface area contributed by atoms with Crippen LogP contribution in [0.2, 0.25) is 0 Å². The number of hydrogen-bond donors (Lipinski definition) is 1. The first-order valence-corrected chi connectivity index (χ1v) is 12.6. The Morgan fingerprint density at radius 1 is 1.28 bits per heavy atom. The molecule has 0 amide bonds. The molecule has 168 valence electrons. The topological polar surface area (TPSA) is 91.2 Å². The second-order valence-electron chi connectivity index (χ2n) is 7.31. The summed E-state index contributed by atoms with van der Waals surface area (Å²) in [6.07, 6.45) is 7.88. The Balaban J connectivity index is 1.64. The number of fused-ring (bicyclic) bond motifs is 1. The molecule has 10 heteroatoms. The van der Waals surface area contributed by atoms with Crippen molar-refractivity contribution in [1.29, 1.82) is 0 Å². The zero-order chi connectivity index (χ0) is 22.7. The summed E-state index contributed by atoms with van der Waals surface area (Å²) in [4.78, 5) is 10.4. The molecule has 3 heterocycles. The number of nitrogens with one attached hydrogen (secondary N) is 1. The number of nitrogens with zero attached hydrogens (tertiary/aromatic N) is 4. The van der Waals surface area contributed by atoms with Crippen molar-refractivity contribution in [1.82, 2.24) is 19.7 Å². The van der Waals surface area contributed by atoms with Crippen LogP contribution >= 0.6 is 11.3 Å². The van der Waals surface area contributed by atoms with Gasteiger partial charge in [0.05, 0.1) is 42.0 Å². The minimum Gasteiger partial charge on any atom is -0.496 e. The molecular formula is C22H25N5O3S2. The van der Waals surface area contributed by atoms with Gasteiger partial charge in [0.1, 0.15) is 11.5 Å². The van der Waals surface area contributed by atoms with Crippen LogP contribution in [0.25, 0.3) is 21.3 Å². The van der Waals surface area contributed by atoms with E-state index < -0.39 is 10.8 Å². The summed E-state index contributed by atoms with van der Waals surface area (Å²) < 4.78 is 25.5. The second-order valence-corrected chi connectivity index (χ2v) is 10.1. The van der Waals surface area contributed by atoms with E-state index in [0.717, 1.165) is 44.1 Å². The number of ether oxygens (including phenoxy) is 2. The predicted molar refractivity (Wildman–Crippen MR) is 130 cm³/mol. The summed E-state index contributed by atoms with van der Waals surface area (Å²) in [5.41, 5.74) is 3.66. The van der Waals surface area contributed by atoms with Gasteiger partial charge in [-0.1, -0.05) is 0 Å². The van der Waals surface area contributed by atoms with E-state index in [1.165, 1.54) is 0 Å². The van der Waals surface area contributed by atoms with Gasteiger partial charge in [-0.25, -0.2) is 9.97 Å². The van der Waals surface area contributed by atoms with Crippen molar-refractivity contribution in [3.8, 4) is 22.6 Å². The average Bonchev–Trinajstić information content (AvgIpc) is 3.32. The molecule has 1 atom stereocenters. The lowest BCUT2D eigenvalue weighted by molar-refractivity contribution is 0.315. The summed E-state index contributed by atoms with van der Waals surface area (Å²) in [6.45, 7) is 2.59. The summed E-state index contributed by atoms with van der Waals surface area (Å²) in [6, 6.07) is 5.81. The Morgan fingerprint density at radius 3 is 2.84 bits per heavy atom. The van der Waals surface area contributed by atoms with Gasteiger partial charge < -0.3 is 14.8 Å². The van der Waals surface area contributed by atoms with Crippen molar-refractivity contribution < 1.29 is 13.7 Å². The van der Waals surface area contributed by atoms with Crippen LogP contribution in [0.1, 0.15) is 11.3 Å². The molecule has 1 N–H and O–H groups in total. The van der Waals surface area contributed by atoms with E-state index in [4.69, 9.17) is 14.5 Å².